The van der Waals surface area contributed by atoms with E-state index >= 15 is 0 Å². The molecule has 0 fully saturated rings. The van der Waals surface area contributed by atoms with E-state index in [0.717, 1.165) is 28.9 Å². The zero-order valence-corrected chi connectivity index (χ0v) is 14.8. The maximum atomic E-state index is 12.2. The highest BCUT2D eigenvalue weighted by Gasteiger charge is 2.13. The lowest BCUT2D eigenvalue weighted by atomic mass is 10.1. The van der Waals surface area contributed by atoms with Crippen molar-refractivity contribution in [1.82, 2.24) is 0 Å². The summed E-state index contributed by atoms with van der Waals surface area (Å²) >= 11 is 0. The van der Waals surface area contributed by atoms with Crippen LogP contribution in [0.3, 0.4) is 0 Å². The molecule has 2 aromatic carbocycles. The van der Waals surface area contributed by atoms with Gasteiger partial charge in [0.15, 0.2) is 18.1 Å². The van der Waals surface area contributed by atoms with Crippen LogP contribution in [0.2, 0.25) is 0 Å². The normalized spacial score (nSPS) is 13.1. The van der Waals surface area contributed by atoms with Crippen LogP contribution in [0, 0.1) is 20.8 Å². The summed E-state index contributed by atoms with van der Waals surface area (Å²) in [5.41, 5.74) is 3.88. The van der Waals surface area contributed by atoms with Crippen LogP contribution in [0.15, 0.2) is 30.3 Å². The van der Waals surface area contributed by atoms with E-state index in [1.165, 1.54) is 0 Å². The number of nitrogens with one attached hydrogen (secondary N) is 1. The standard InChI is InChI=1S/C20H23NO4/c1-13-5-6-14(2)20(15(13)3)25-12-19(22)21-16-7-8-17-18(11-16)24-10-4-9-23-17/h5-8,11H,4,9-10,12H2,1-3H3,(H,21,22). The van der Waals surface area contributed by atoms with Crippen LogP contribution < -0.4 is 19.5 Å². The SMILES string of the molecule is Cc1ccc(C)c(OCC(=O)Nc2ccc3c(c2)OCCCO3)c1C. The molecule has 5 heteroatoms. The van der Waals surface area contributed by atoms with Gasteiger partial charge in [0, 0.05) is 18.2 Å². The topological polar surface area (TPSA) is 56.8 Å². The van der Waals surface area contributed by atoms with Crippen molar-refractivity contribution >= 4 is 11.6 Å². The van der Waals surface area contributed by atoms with Crippen molar-refractivity contribution in [3.05, 3.63) is 47.0 Å². The Kier molecular flexibility index (Phi) is 5.12. The molecule has 5 nitrogen and oxygen atoms in total. The van der Waals surface area contributed by atoms with Gasteiger partial charge in [-0.05, 0) is 49.6 Å². The van der Waals surface area contributed by atoms with Crippen molar-refractivity contribution < 1.29 is 19.0 Å². The number of hydrogen-bond donors (Lipinski definition) is 1. The molecule has 0 bridgehead atoms. The van der Waals surface area contributed by atoms with Crippen LogP contribution in [-0.4, -0.2) is 25.7 Å². The Morgan fingerprint density at radius 1 is 1.04 bits per heavy atom. The third-order valence-electron chi connectivity index (χ3n) is 4.25. The fourth-order valence-electron chi connectivity index (χ4n) is 2.72. The van der Waals surface area contributed by atoms with E-state index in [2.05, 4.69) is 11.4 Å². The Morgan fingerprint density at radius 2 is 1.76 bits per heavy atom. The number of fused-ring (bicyclic) bond motifs is 1. The fourth-order valence-corrected chi connectivity index (χ4v) is 2.72. The number of hydrogen-bond acceptors (Lipinski definition) is 4. The maximum absolute atomic E-state index is 12.2. The van der Waals surface area contributed by atoms with E-state index in [1.807, 2.05) is 32.9 Å². The number of carbonyl (C=O) groups excluding carboxylic acids is 1. The monoisotopic (exact) mass is 341 g/mol. The summed E-state index contributed by atoms with van der Waals surface area (Å²) in [6.45, 7) is 7.21. The minimum atomic E-state index is -0.213. The molecule has 1 heterocycles. The van der Waals surface area contributed by atoms with Crippen LogP contribution in [0.1, 0.15) is 23.1 Å². The van der Waals surface area contributed by atoms with Gasteiger partial charge in [-0.3, -0.25) is 4.79 Å². The molecule has 1 amide bonds. The Balaban J connectivity index is 1.64. The fraction of sp³-hybridized carbons (Fsp3) is 0.350. The van der Waals surface area contributed by atoms with E-state index in [1.54, 1.807) is 12.1 Å². The molecule has 3 rings (SSSR count). The summed E-state index contributed by atoms with van der Waals surface area (Å²) in [4.78, 5) is 12.2. The minimum absolute atomic E-state index is 0.0421. The van der Waals surface area contributed by atoms with Gasteiger partial charge >= 0.3 is 0 Å². The Bertz CT molecular complexity index is 786. The average molecular weight is 341 g/mol. The van der Waals surface area contributed by atoms with Gasteiger partial charge < -0.3 is 19.5 Å². The predicted molar refractivity (Wildman–Crippen MR) is 96.8 cm³/mol. The zero-order chi connectivity index (χ0) is 17.8. The zero-order valence-electron chi connectivity index (χ0n) is 14.8. The van der Waals surface area contributed by atoms with Crippen LogP contribution in [0.25, 0.3) is 0 Å². The van der Waals surface area contributed by atoms with Crippen LogP contribution in [-0.2, 0) is 4.79 Å². The van der Waals surface area contributed by atoms with E-state index < -0.39 is 0 Å². The summed E-state index contributed by atoms with van der Waals surface area (Å²) in [6, 6.07) is 9.44. The highest BCUT2D eigenvalue weighted by Crippen LogP contribution is 2.32. The molecule has 0 unspecified atom stereocenters. The molecule has 0 saturated carbocycles. The smallest absolute Gasteiger partial charge is 0.262 e. The molecule has 0 atom stereocenters. The first-order valence-corrected chi connectivity index (χ1v) is 8.43. The van der Waals surface area contributed by atoms with Gasteiger partial charge in [-0.15, -0.1) is 0 Å². The molecule has 0 aromatic heterocycles. The van der Waals surface area contributed by atoms with Gasteiger partial charge in [0.25, 0.3) is 5.91 Å². The number of carbonyl (C=O) groups is 1. The molecule has 0 spiro atoms. The van der Waals surface area contributed by atoms with Crippen molar-refractivity contribution in [2.75, 3.05) is 25.1 Å². The molecule has 1 aliphatic heterocycles. The Hall–Kier alpha value is -2.69. The van der Waals surface area contributed by atoms with Crippen molar-refractivity contribution in [1.29, 1.82) is 0 Å². The second-order valence-corrected chi connectivity index (χ2v) is 6.20. The maximum Gasteiger partial charge on any atom is 0.262 e. The molecular weight excluding hydrogens is 318 g/mol. The molecule has 1 aliphatic rings. The van der Waals surface area contributed by atoms with Gasteiger partial charge in [0.2, 0.25) is 0 Å². The summed E-state index contributed by atoms with van der Waals surface area (Å²) in [5, 5.41) is 2.84. The number of amides is 1. The third kappa shape index (κ3) is 4.05. The van der Waals surface area contributed by atoms with Crippen LogP contribution in [0.4, 0.5) is 5.69 Å². The summed E-state index contributed by atoms with van der Waals surface area (Å²) in [5.74, 6) is 1.92. The van der Waals surface area contributed by atoms with E-state index in [0.29, 0.717) is 30.4 Å². The first-order valence-electron chi connectivity index (χ1n) is 8.43. The first-order chi connectivity index (χ1) is 12.0. The van der Waals surface area contributed by atoms with Crippen LogP contribution in [0.5, 0.6) is 17.2 Å². The van der Waals surface area contributed by atoms with Gasteiger partial charge in [0.1, 0.15) is 5.75 Å². The lowest BCUT2D eigenvalue weighted by Gasteiger charge is -2.14. The predicted octanol–water partition coefficient (Wildman–Crippen LogP) is 3.79. The van der Waals surface area contributed by atoms with Crippen LogP contribution >= 0.6 is 0 Å². The number of ether oxygens (including phenoxy) is 3. The largest absolute Gasteiger partial charge is 0.490 e. The van der Waals surface area contributed by atoms with Crippen molar-refractivity contribution in [3.63, 3.8) is 0 Å². The highest BCUT2D eigenvalue weighted by atomic mass is 16.5. The lowest BCUT2D eigenvalue weighted by molar-refractivity contribution is -0.118. The molecule has 0 saturated heterocycles. The van der Waals surface area contributed by atoms with Crippen molar-refractivity contribution in [2.24, 2.45) is 0 Å². The van der Waals surface area contributed by atoms with E-state index in [4.69, 9.17) is 14.2 Å². The molecular formula is C20H23NO4. The Morgan fingerprint density at radius 3 is 2.56 bits per heavy atom. The number of anilines is 1. The second kappa shape index (κ2) is 7.47. The second-order valence-electron chi connectivity index (χ2n) is 6.20. The molecule has 2 aromatic rings. The molecule has 1 N–H and O–H groups in total. The van der Waals surface area contributed by atoms with Gasteiger partial charge in [-0.25, -0.2) is 0 Å². The molecule has 25 heavy (non-hydrogen) atoms. The third-order valence-corrected chi connectivity index (χ3v) is 4.25. The molecule has 0 aliphatic carbocycles. The van der Waals surface area contributed by atoms with Gasteiger partial charge in [-0.1, -0.05) is 12.1 Å². The lowest BCUT2D eigenvalue weighted by Crippen LogP contribution is -2.20. The van der Waals surface area contributed by atoms with E-state index in [-0.39, 0.29) is 12.5 Å². The van der Waals surface area contributed by atoms with E-state index in [9.17, 15) is 4.79 Å². The number of rotatable bonds is 4. The van der Waals surface area contributed by atoms with Gasteiger partial charge in [0.05, 0.1) is 13.2 Å². The molecule has 0 radical (unpaired) electrons. The number of benzene rings is 2. The highest BCUT2D eigenvalue weighted by molar-refractivity contribution is 5.92. The first kappa shape index (κ1) is 17.1. The molecule has 132 valence electrons. The van der Waals surface area contributed by atoms with Crippen molar-refractivity contribution in [3.8, 4) is 17.2 Å². The van der Waals surface area contributed by atoms with Crippen molar-refractivity contribution in [2.45, 2.75) is 27.2 Å². The quantitative estimate of drug-likeness (QED) is 0.919. The average Bonchev–Trinajstić information content (AvgIpc) is 2.83. The summed E-state index contributed by atoms with van der Waals surface area (Å²) in [7, 11) is 0. The summed E-state index contributed by atoms with van der Waals surface area (Å²) in [6.07, 6.45) is 0.847. The Labute approximate surface area is 147 Å². The van der Waals surface area contributed by atoms with Gasteiger partial charge in [-0.2, -0.15) is 0 Å². The minimum Gasteiger partial charge on any atom is -0.490 e. The summed E-state index contributed by atoms with van der Waals surface area (Å²) < 4.78 is 17.0. The number of aryl methyl sites for hydroxylation is 2.